The molecule has 2 heterocycles. The van der Waals surface area contributed by atoms with Crippen molar-refractivity contribution in [3.05, 3.63) is 65.5 Å². The Morgan fingerprint density at radius 2 is 1.77 bits per heavy atom. The van der Waals surface area contributed by atoms with E-state index in [-0.39, 0.29) is 17.7 Å². The summed E-state index contributed by atoms with van der Waals surface area (Å²) in [5, 5.41) is 0. The molecule has 1 aromatic carbocycles. The summed E-state index contributed by atoms with van der Waals surface area (Å²) in [5.74, 6) is -0.0224. The molecule has 158 valence electrons. The van der Waals surface area contributed by atoms with Gasteiger partial charge < -0.3 is 9.80 Å². The summed E-state index contributed by atoms with van der Waals surface area (Å²) < 4.78 is 0. The van der Waals surface area contributed by atoms with Crippen LogP contribution in [0.2, 0.25) is 0 Å². The van der Waals surface area contributed by atoms with Gasteiger partial charge in [0.25, 0.3) is 0 Å². The Balaban J connectivity index is 1.50. The van der Waals surface area contributed by atoms with Crippen molar-refractivity contribution in [1.29, 1.82) is 0 Å². The van der Waals surface area contributed by atoms with Gasteiger partial charge in [0.2, 0.25) is 11.8 Å². The predicted octanol–water partition coefficient (Wildman–Crippen LogP) is 3.96. The number of carbonyl (C=O) groups excluding carboxylic acids is 2. The Labute approximate surface area is 179 Å². The molecule has 4 rings (SSSR count). The number of nitrogens with zero attached hydrogens (tertiary/aromatic N) is 3. The minimum Gasteiger partial charge on any atom is -0.339 e. The fraction of sp³-hybridized carbons (Fsp3) is 0.480. The number of likely N-dealkylation sites (tertiary alicyclic amines) is 1. The van der Waals surface area contributed by atoms with E-state index < -0.39 is 0 Å². The Morgan fingerprint density at radius 3 is 2.43 bits per heavy atom. The van der Waals surface area contributed by atoms with E-state index in [1.807, 2.05) is 28.1 Å². The maximum atomic E-state index is 13.5. The van der Waals surface area contributed by atoms with Crippen molar-refractivity contribution in [3.63, 3.8) is 0 Å². The molecule has 2 aromatic rings. The standard InChI is InChI=1S/C25H31N3O2/c1-2-19-9-11-20(12-10-19)16-27(17-21-6-5-13-26-15-21)25(30)22-14-24(29)28(18-22)23-7-3-4-8-23/h5-6,9-13,15,22-23H,2-4,7-8,14,16-18H2,1H3/t22-/m1/s1. The third kappa shape index (κ3) is 4.72. The molecule has 1 saturated carbocycles. The van der Waals surface area contributed by atoms with Crippen LogP contribution in [-0.4, -0.2) is 39.2 Å². The van der Waals surface area contributed by atoms with Gasteiger partial charge in [-0.1, -0.05) is 50.1 Å². The van der Waals surface area contributed by atoms with Crippen molar-refractivity contribution in [2.45, 2.75) is 64.6 Å². The smallest absolute Gasteiger partial charge is 0.228 e. The van der Waals surface area contributed by atoms with Crippen molar-refractivity contribution >= 4 is 11.8 Å². The second kappa shape index (κ2) is 9.41. The fourth-order valence-corrected chi connectivity index (χ4v) is 4.75. The molecular weight excluding hydrogens is 374 g/mol. The van der Waals surface area contributed by atoms with Crippen molar-refractivity contribution in [3.8, 4) is 0 Å². The molecule has 5 nitrogen and oxygen atoms in total. The third-order valence-corrected chi connectivity index (χ3v) is 6.49. The fourth-order valence-electron chi connectivity index (χ4n) is 4.75. The van der Waals surface area contributed by atoms with Crippen LogP contribution in [0.4, 0.5) is 0 Å². The van der Waals surface area contributed by atoms with E-state index in [9.17, 15) is 9.59 Å². The van der Waals surface area contributed by atoms with E-state index in [0.717, 1.165) is 30.4 Å². The maximum Gasteiger partial charge on any atom is 0.228 e. The molecule has 1 saturated heterocycles. The SMILES string of the molecule is CCc1ccc(CN(Cc2cccnc2)C(=O)[C@@H]2CC(=O)N(C3CCCC3)C2)cc1. The Morgan fingerprint density at radius 1 is 1.07 bits per heavy atom. The van der Waals surface area contributed by atoms with Crippen LogP contribution in [0.5, 0.6) is 0 Å². The number of hydrogen-bond acceptors (Lipinski definition) is 3. The number of aryl methyl sites for hydroxylation is 1. The molecule has 5 heteroatoms. The van der Waals surface area contributed by atoms with Gasteiger partial charge in [-0.05, 0) is 42.0 Å². The second-order valence-electron chi connectivity index (χ2n) is 8.61. The second-order valence-corrected chi connectivity index (χ2v) is 8.61. The summed E-state index contributed by atoms with van der Waals surface area (Å²) in [4.78, 5) is 34.2. The average Bonchev–Trinajstić information content (AvgIpc) is 3.43. The van der Waals surface area contributed by atoms with Crippen LogP contribution in [0.15, 0.2) is 48.8 Å². The largest absolute Gasteiger partial charge is 0.339 e. The monoisotopic (exact) mass is 405 g/mol. The van der Waals surface area contributed by atoms with Crippen LogP contribution in [-0.2, 0) is 29.1 Å². The van der Waals surface area contributed by atoms with Crippen LogP contribution in [0.25, 0.3) is 0 Å². The number of benzene rings is 1. The minimum absolute atomic E-state index is 0.0762. The number of aromatic nitrogens is 1. The number of hydrogen-bond donors (Lipinski definition) is 0. The molecule has 1 aliphatic carbocycles. The highest BCUT2D eigenvalue weighted by Crippen LogP contribution is 2.30. The Hall–Kier alpha value is -2.69. The highest BCUT2D eigenvalue weighted by molar-refractivity contribution is 5.89. The topological polar surface area (TPSA) is 53.5 Å². The lowest BCUT2D eigenvalue weighted by Crippen LogP contribution is -2.38. The van der Waals surface area contributed by atoms with E-state index in [2.05, 4.69) is 36.2 Å². The van der Waals surface area contributed by atoms with Crippen LogP contribution < -0.4 is 0 Å². The third-order valence-electron chi connectivity index (χ3n) is 6.49. The van der Waals surface area contributed by atoms with Gasteiger partial charge in [-0.15, -0.1) is 0 Å². The van der Waals surface area contributed by atoms with Gasteiger partial charge in [-0.2, -0.15) is 0 Å². The number of carbonyl (C=O) groups is 2. The number of amides is 2. The molecule has 2 aliphatic rings. The van der Waals surface area contributed by atoms with Gasteiger partial charge in [0.05, 0.1) is 5.92 Å². The lowest BCUT2D eigenvalue weighted by molar-refractivity contribution is -0.137. The summed E-state index contributed by atoms with van der Waals surface area (Å²) in [7, 11) is 0. The summed E-state index contributed by atoms with van der Waals surface area (Å²) in [6, 6.07) is 12.7. The van der Waals surface area contributed by atoms with Gasteiger partial charge >= 0.3 is 0 Å². The zero-order valence-electron chi connectivity index (χ0n) is 17.8. The lowest BCUT2D eigenvalue weighted by Gasteiger charge is -2.27. The molecule has 1 aliphatic heterocycles. The Bertz CT molecular complexity index is 860. The van der Waals surface area contributed by atoms with Crippen molar-refractivity contribution in [2.24, 2.45) is 5.92 Å². The quantitative estimate of drug-likeness (QED) is 0.701. The zero-order chi connectivity index (χ0) is 20.9. The van der Waals surface area contributed by atoms with Gasteiger partial charge in [0.1, 0.15) is 0 Å². The molecule has 0 spiro atoms. The van der Waals surface area contributed by atoms with E-state index in [0.29, 0.717) is 32.1 Å². The van der Waals surface area contributed by atoms with E-state index in [1.165, 1.54) is 18.4 Å². The van der Waals surface area contributed by atoms with Crippen molar-refractivity contribution in [2.75, 3.05) is 6.54 Å². The minimum atomic E-state index is -0.246. The van der Waals surface area contributed by atoms with E-state index in [1.54, 1.807) is 6.20 Å². The summed E-state index contributed by atoms with van der Waals surface area (Å²) in [6.07, 6.45) is 9.43. The molecule has 30 heavy (non-hydrogen) atoms. The molecular formula is C25H31N3O2. The first kappa shape index (κ1) is 20.6. The van der Waals surface area contributed by atoms with Gasteiger partial charge in [0, 0.05) is 44.5 Å². The molecule has 0 unspecified atom stereocenters. The first-order chi connectivity index (χ1) is 14.6. The summed E-state index contributed by atoms with van der Waals surface area (Å²) in [5.41, 5.74) is 3.41. The lowest BCUT2D eigenvalue weighted by atomic mass is 10.0. The van der Waals surface area contributed by atoms with Crippen molar-refractivity contribution in [1.82, 2.24) is 14.8 Å². The maximum absolute atomic E-state index is 13.5. The molecule has 0 N–H and O–H groups in total. The van der Waals surface area contributed by atoms with Crippen LogP contribution in [0.1, 0.15) is 55.7 Å². The van der Waals surface area contributed by atoms with Gasteiger partial charge in [-0.25, -0.2) is 0 Å². The number of pyridine rings is 1. The zero-order valence-corrected chi connectivity index (χ0v) is 17.8. The summed E-state index contributed by atoms with van der Waals surface area (Å²) in [6.45, 7) is 3.77. The van der Waals surface area contributed by atoms with Crippen LogP contribution in [0, 0.1) is 5.92 Å². The molecule has 1 aromatic heterocycles. The average molecular weight is 406 g/mol. The molecule has 2 amide bonds. The molecule has 1 atom stereocenters. The Kier molecular flexibility index (Phi) is 6.46. The van der Waals surface area contributed by atoms with Crippen LogP contribution in [0.3, 0.4) is 0 Å². The van der Waals surface area contributed by atoms with Gasteiger partial charge in [-0.3, -0.25) is 14.6 Å². The highest BCUT2D eigenvalue weighted by Gasteiger charge is 2.40. The molecule has 0 bridgehead atoms. The predicted molar refractivity (Wildman–Crippen MR) is 116 cm³/mol. The molecule has 0 radical (unpaired) electrons. The molecule has 2 fully saturated rings. The van der Waals surface area contributed by atoms with Crippen LogP contribution >= 0.6 is 0 Å². The number of rotatable bonds is 7. The highest BCUT2D eigenvalue weighted by atomic mass is 16.2. The first-order valence-electron chi connectivity index (χ1n) is 11.2. The van der Waals surface area contributed by atoms with Gasteiger partial charge in [0.15, 0.2) is 0 Å². The summed E-state index contributed by atoms with van der Waals surface area (Å²) >= 11 is 0. The van der Waals surface area contributed by atoms with Crippen molar-refractivity contribution < 1.29 is 9.59 Å². The van der Waals surface area contributed by atoms with E-state index >= 15 is 0 Å². The first-order valence-corrected chi connectivity index (χ1v) is 11.2. The normalized spacial score (nSPS) is 19.4. The van der Waals surface area contributed by atoms with E-state index in [4.69, 9.17) is 0 Å².